The van der Waals surface area contributed by atoms with Crippen LogP contribution in [-0.4, -0.2) is 58.6 Å². The lowest BCUT2D eigenvalue weighted by Crippen LogP contribution is -2.15. The fraction of sp³-hybridized carbons (Fsp3) is 0.944. The molecule has 0 aliphatic rings. The smallest absolute Gasteiger partial charge is 0.137 e. The summed E-state index contributed by atoms with van der Waals surface area (Å²) in [6, 6.07) is 0. The second-order valence-electron chi connectivity index (χ2n) is 7.13. The molecule has 5 nitrogen and oxygen atoms in total. The summed E-state index contributed by atoms with van der Waals surface area (Å²) in [5.74, 6) is 0.327. The van der Waals surface area contributed by atoms with Gasteiger partial charge >= 0.3 is 0 Å². The summed E-state index contributed by atoms with van der Waals surface area (Å²) in [7, 11) is 0. The van der Waals surface area contributed by atoms with Crippen molar-refractivity contribution in [2.75, 3.05) is 52.9 Å². The molecule has 0 aliphatic carbocycles. The number of rotatable bonds is 15. The van der Waals surface area contributed by atoms with Crippen LogP contribution in [0, 0.1) is 11.3 Å². The molecule has 5 heteroatoms. The standard InChI is InChI=1S/C18H36O5/c1-16(2)17(19)6-8-20-10-12-22-14-15-23-13-11-21-9-7-18(3,4)5/h16H,6-15H2,1-5H3. The molecule has 0 rings (SSSR count). The zero-order valence-electron chi connectivity index (χ0n) is 15.7. The Morgan fingerprint density at radius 1 is 0.739 bits per heavy atom. The number of ether oxygens (including phenoxy) is 4. The molecule has 23 heavy (non-hydrogen) atoms. The molecule has 0 heterocycles. The number of Topliss-reactive ketones (excluding diaryl/α,β-unsaturated/α-hetero) is 1. The monoisotopic (exact) mass is 332 g/mol. The third kappa shape index (κ3) is 17.7. The molecular weight excluding hydrogens is 296 g/mol. The molecular formula is C18H36O5. The Morgan fingerprint density at radius 2 is 1.13 bits per heavy atom. The van der Waals surface area contributed by atoms with E-state index in [0.717, 1.165) is 13.0 Å². The largest absolute Gasteiger partial charge is 0.379 e. The van der Waals surface area contributed by atoms with Gasteiger partial charge in [-0.1, -0.05) is 34.6 Å². The molecule has 0 N–H and O–H groups in total. The number of hydrogen-bond acceptors (Lipinski definition) is 5. The van der Waals surface area contributed by atoms with Crippen molar-refractivity contribution in [2.45, 2.75) is 47.5 Å². The van der Waals surface area contributed by atoms with Gasteiger partial charge in [-0.25, -0.2) is 0 Å². The van der Waals surface area contributed by atoms with E-state index in [1.54, 1.807) is 0 Å². The fourth-order valence-corrected chi connectivity index (χ4v) is 1.60. The summed E-state index contributed by atoms with van der Waals surface area (Å²) < 4.78 is 21.7. The van der Waals surface area contributed by atoms with Gasteiger partial charge in [-0.3, -0.25) is 4.79 Å². The van der Waals surface area contributed by atoms with Crippen LogP contribution in [0.15, 0.2) is 0 Å². The summed E-state index contributed by atoms with van der Waals surface area (Å²) in [6.45, 7) is 15.1. The minimum Gasteiger partial charge on any atom is -0.379 e. The van der Waals surface area contributed by atoms with E-state index in [1.165, 1.54) is 0 Å². The molecule has 0 fully saturated rings. The molecule has 0 unspecified atom stereocenters. The van der Waals surface area contributed by atoms with Gasteiger partial charge in [0.15, 0.2) is 0 Å². The first kappa shape index (κ1) is 22.5. The average Bonchev–Trinajstić information content (AvgIpc) is 2.46. The van der Waals surface area contributed by atoms with Crippen LogP contribution in [0.2, 0.25) is 0 Å². The van der Waals surface area contributed by atoms with Crippen LogP contribution in [0.4, 0.5) is 0 Å². The van der Waals surface area contributed by atoms with E-state index >= 15 is 0 Å². The normalized spacial score (nSPS) is 12.1. The molecule has 0 atom stereocenters. The number of carbonyl (C=O) groups excluding carboxylic acids is 1. The Morgan fingerprint density at radius 3 is 1.52 bits per heavy atom. The van der Waals surface area contributed by atoms with Crippen molar-refractivity contribution in [1.29, 1.82) is 0 Å². The second kappa shape index (κ2) is 13.9. The van der Waals surface area contributed by atoms with Crippen LogP contribution in [0.25, 0.3) is 0 Å². The predicted octanol–water partition coefficient (Wildman–Crippen LogP) is 3.10. The fourth-order valence-electron chi connectivity index (χ4n) is 1.60. The molecule has 0 saturated heterocycles. The van der Waals surface area contributed by atoms with Crippen molar-refractivity contribution in [3.05, 3.63) is 0 Å². The topological polar surface area (TPSA) is 54.0 Å². The van der Waals surface area contributed by atoms with Crippen molar-refractivity contribution in [2.24, 2.45) is 11.3 Å². The first-order valence-electron chi connectivity index (χ1n) is 8.66. The van der Waals surface area contributed by atoms with E-state index in [1.807, 2.05) is 13.8 Å². The highest BCUT2D eigenvalue weighted by Gasteiger charge is 2.09. The lowest BCUT2D eigenvalue weighted by Gasteiger charge is -2.17. The zero-order chi connectivity index (χ0) is 17.6. The minimum absolute atomic E-state index is 0.0874. The molecule has 0 amide bonds. The lowest BCUT2D eigenvalue weighted by molar-refractivity contribution is -0.123. The highest BCUT2D eigenvalue weighted by atomic mass is 16.6. The third-order valence-corrected chi connectivity index (χ3v) is 3.25. The van der Waals surface area contributed by atoms with Crippen LogP contribution < -0.4 is 0 Å². The van der Waals surface area contributed by atoms with E-state index in [0.29, 0.717) is 58.1 Å². The summed E-state index contributed by atoms with van der Waals surface area (Å²) in [5.41, 5.74) is 0.318. The second-order valence-corrected chi connectivity index (χ2v) is 7.13. The molecule has 0 spiro atoms. The van der Waals surface area contributed by atoms with Crippen LogP contribution >= 0.6 is 0 Å². The van der Waals surface area contributed by atoms with Crippen molar-refractivity contribution in [3.8, 4) is 0 Å². The van der Waals surface area contributed by atoms with Gasteiger partial charge in [-0.2, -0.15) is 0 Å². The van der Waals surface area contributed by atoms with Crippen molar-refractivity contribution >= 4 is 5.78 Å². The van der Waals surface area contributed by atoms with E-state index in [2.05, 4.69) is 20.8 Å². The van der Waals surface area contributed by atoms with E-state index in [-0.39, 0.29) is 11.7 Å². The maximum Gasteiger partial charge on any atom is 0.137 e. The Bertz CT molecular complexity index is 284. The van der Waals surface area contributed by atoms with Crippen LogP contribution in [-0.2, 0) is 23.7 Å². The highest BCUT2D eigenvalue weighted by molar-refractivity contribution is 5.80. The summed E-state index contributed by atoms with van der Waals surface area (Å²) >= 11 is 0. The number of ketones is 1. The Balaban J connectivity index is 3.12. The van der Waals surface area contributed by atoms with Crippen molar-refractivity contribution in [1.82, 2.24) is 0 Å². The molecule has 0 aromatic carbocycles. The molecule has 0 aliphatic heterocycles. The van der Waals surface area contributed by atoms with Gasteiger partial charge in [0.05, 0.1) is 46.2 Å². The summed E-state index contributed by atoms with van der Waals surface area (Å²) in [5, 5.41) is 0. The molecule has 0 bridgehead atoms. The van der Waals surface area contributed by atoms with Gasteiger partial charge in [0.2, 0.25) is 0 Å². The summed E-state index contributed by atoms with van der Waals surface area (Å²) in [6.07, 6.45) is 1.54. The van der Waals surface area contributed by atoms with Crippen molar-refractivity contribution < 1.29 is 23.7 Å². The number of hydrogen-bond donors (Lipinski definition) is 0. The molecule has 0 aromatic rings. The SMILES string of the molecule is CC(C)C(=O)CCOCCOCCOCCOCCC(C)(C)C. The molecule has 0 aromatic heterocycles. The van der Waals surface area contributed by atoms with E-state index < -0.39 is 0 Å². The quantitative estimate of drug-likeness (QED) is 0.431. The Kier molecular flexibility index (Phi) is 13.6. The lowest BCUT2D eigenvalue weighted by atomic mass is 9.93. The zero-order valence-corrected chi connectivity index (χ0v) is 15.7. The first-order chi connectivity index (χ1) is 10.8. The minimum atomic E-state index is 0.0874. The molecule has 0 radical (unpaired) electrons. The van der Waals surface area contributed by atoms with Crippen LogP contribution in [0.5, 0.6) is 0 Å². The average molecular weight is 332 g/mol. The van der Waals surface area contributed by atoms with Gasteiger partial charge in [-0.15, -0.1) is 0 Å². The van der Waals surface area contributed by atoms with Gasteiger partial charge in [0.1, 0.15) is 5.78 Å². The maximum atomic E-state index is 11.4. The van der Waals surface area contributed by atoms with E-state index in [4.69, 9.17) is 18.9 Å². The van der Waals surface area contributed by atoms with Crippen LogP contribution in [0.1, 0.15) is 47.5 Å². The first-order valence-corrected chi connectivity index (χ1v) is 8.66. The highest BCUT2D eigenvalue weighted by Crippen LogP contribution is 2.17. The predicted molar refractivity (Wildman–Crippen MR) is 91.8 cm³/mol. The maximum absolute atomic E-state index is 11.4. The van der Waals surface area contributed by atoms with Gasteiger partial charge in [-0.05, 0) is 11.8 Å². The van der Waals surface area contributed by atoms with E-state index in [9.17, 15) is 4.79 Å². The van der Waals surface area contributed by atoms with Crippen molar-refractivity contribution in [3.63, 3.8) is 0 Å². The van der Waals surface area contributed by atoms with Gasteiger partial charge in [0.25, 0.3) is 0 Å². The molecule has 0 saturated carbocycles. The summed E-state index contributed by atoms with van der Waals surface area (Å²) in [4.78, 5) is 11.4. The Hall–Kier alpha value is -0.490. The van der Waals surface area contributed by atoms with Crippen LogP contribution in [0.3, 0.4) is 0 Å². The number of carbonyl (C=O) groups is 1. The Labute approximate surface area is 142 Å². The third-order valence-electron chi connectivity index (χ3n) is 3.25. The van der Waals surface area contributed by atoms with Gasteiger partial charge < -0.3 is 18.9 Å². The molecule has 138 valence electrons. The van der Waals surface area contributed by atoms with Gasteiger partial charge in [0, 0.05) is 18.9 Å².